The number of hydrogen-bond donors (Lipinski definition) is 2. The van der Waals surface area contributed by atoms with Crippen LogP contribution in [0.1, 0.15) is 43.0 Å². The number of carbonyl (C=O) groups excluding carboxylic acids is 1. The third kappa shape index (κ3) is 3.32. The summed E-state index contributed by atoms with van der Waals surface area (Å²) in [6.45, 7) is 0. The van der Waals surface area contributed by atoms with Gasteiger partial charge in [0.1, 0.15) is 0 Å². The van der Waals surface area contributed by atoms with E-state index >= 15 is 0 Å². The number of amides is 1. The van der Waals surface area contributed by atoms with Crippen molar-refractivity contribution in [2.24, 2.45) is 5.92 Å². The average molecular weight is 267 g/mol. The fraction of sp³-hybridized carbons (Fsp3) is 0.538. The first-order valence-electron chi connectivity index (χ1n) is 6.22. The molecule has 1 aromatic heterocycles. The number of nitrogens with one attached hydrogen (secondary N) is 1. The maximum Gasteiger partial charge on any atom is 0.305 e. The quantitative estimate of drug-likeness (QED) is 0.861. The van der Waals surface area contributed by atoms with Gasteiger partial charge < -0.3 is 10.4 Å². The Balaban J connectivity index is 2.00. The van der Waals surface area contributed by atoms with Gasteiger partial charge in [-0.2, -0.15) is 0 Å². The largest absolute Gasteiger partial charge is 0.481 e. The van der Waals surface area contributed by atoms with Gasteiger partial charge in [0, 0.05) is 10.8 Å². The van der Waals surface area contributed by atoms with E-state index in [-0.39, 0.29) is 18.2 Å². The van der Waals surface area contributed by atoms with Gasteiger partial charge in [-0.05, 0) is 24.3 Å². The highest BCUT2D eigenvalue weighted by Gasteiger charge is 2.26. The maximum atomic E-state index is 12.0. The Kier molecular flexibility index (Phi) is 4.36. The molecule has 1 amide bonds. The van der Waals surface area contributed by atoms with Crippen LogP contribution in [0.15, 0.2) is 17.5 Å². The van der Waals surface area contributed by atoms with Gasteiger partial charge in [-0.15, -0.1) is 11.3 Å². The van der Waals surface area contributed by atoms with Gasteiger partial charge >= 0.3 is 5.97 Å². The molecule has 5 heteroatoms. The van der Waals surface area contributed by atoms with E-state index in [9.17, 15) is 9.59 Å². The van der Waals surface area contributed by atoms with Gasteiger partial charge in [0.15, 0.2) is 0 Å². The first kappa shape index (κ1) is 13.1. The van der Waals surface area contributed by atoms with Crippen LogP contribution in [-0.2, 0) is 9.59 Å². The highest BCUT2D eigenvalue weighted by Crippen LogP contribution is 2.27. The zero-order chi connectivity index (χ0) is 13.0. The standard InChI is InChI=1S/C13H17NO3S/c15-12(16)8-10(11-6-3-7-18-11)14-13(17)9-4-1-2-5-9/h3,6-7,9-10H,1-2,4-5,8H2,(H,14,17)(H,15,16)/t10-/m0/s1. The van der Waals surface area contributed by atoms with Crippen LogP contribution in [0.2, 0.25) is 0 Å². The molecular formula is C13H17NO3S. The smallest absolute Gasteiger partial charge is 0.305 e. The second-order valence-corrected chi connectivity index (χ2v) is 5.64. The van der Waals surface area contributed by atoms with Crippen LogP contribution >= 0.6 is 11.3 Å². The summed E-state index contributed by atoms with van der Waals surface area (Å²) < 4.78 is 0. The summed E-state index contributed by atoms with van der Waals surface area (Å²) in [7, 11) is 0. The lowest BCUT2D eigenvalue weighted by Gasteiger charge is -2.18. The van der Waals surface area contributed by atoms with Crippen LogP contribution in [0.5, 0.6) is 0 Å². The topological polar surface area (TPSA) is 66.4 Å². The third-order valence-corrected chi connectivity index (χ3v) is 4.29. The Bertz CT molecular complexity index is 410. The van der Waals surface area contributed by atoms with Crippen molar-refractivity contribution in [2.75, 3.05) is 0 Å². The molecule has 1 atom stereocenters. The number of carboxylic acid groups (broad SMARTS) is 1. The number of carboxylic acids is 1. The molecule has 0 aromatic carbocycles. The second kappa shape index (κ2) is 6.00. The monoisotopic (exact) mass is 267 g/mol. The zero-order valence-electron chi connectivity index (χ0n) is 10.1. The van der Waals surface area contributed by atoms with Crippen LogP contribution in [0, 0.1) is 5.92 Å². The van der Waals surface area contributed by atoms with E-state index in [2.05, 4.69) is 5.32 Å². The number of thiophene rings is 1. The summed E-state index contributed by atoms with van der Waals surface area (Å²) in [5, 5.41) is 13.7. The Morgan fingerprint density at radius 2 is 2.17 bits per heavy atom. The van der Waals surface area contributed by atoms with Gasteiger partial charge in [0.05, 0.1) is 12.5 Å². The fourth-order valence-electron chi connectivity index (χ4n) is 2.36. The van der Waals surface area contributed by atoms with Crippen LogP contribution in [0.3, 0.4) is 0 Å². The molecule has 0 spiro atoms. The Morgan fingerprint density at radius 1 is 1.44 bits per heavy atom. The molecule has 2 N–H and O–H groups in total. The molecule has 1 aliphatic rings. The molecule has 0 aliphatic heterocycles. The average Bonchev–Trinajstić information content (AvgIpc) is 3.01. The first-order chi connectivity index (χ1) is 8.66. The zero-order valence-corrected chi connectivity index (χ0v) is 10.9. The van der Waals surface area contributed by atoms with Crippen molar-refractivity contribution in [2.45, 2.75) is 38.1 Å². The molecule has 1 heterocycles. The molecule has 98 valence electrons. The van der Waals surface area contributed by atoms with E-state index in [1.54, 1.807) is 0 Å². The molecule has 1 fully saturated rings. The number of hydrogen-bond acceptors (Lipinski definition) is 3. The molecule has 0 bridgehead atoms. The van der Waals surface area contributed by atoms with Crippen LogP contribution in [0.4, 0.5) is 0 Å². The molecule has 1 saturated carbocycles. The van der Waals surface area contributed by atoms with Gasteiger partial charge in [-0.25, -0.2) is 0 Å². The van der Waals surface area contributed by atoms with Gasteiger partial charge in [-0.3, -0.25) is 9.59 Å². The maximum absolute atomic E-state index is 12.0. The van der Waals surface area contributed by atoms with E-state index < -0.39 is 12.0 Å². The molecule has 1 aliphatic carbocycles. The van der Waals surface area contributed by atoms with Crippen LogP contribution in [-0.4, -0.2) is 17.0 Å². The molecular weight excluding hydrogens is 250 g/mol. The Labute approximate surface area is 110 Å². The summed E-state index contributed by atoms with van der Waals surface area (Å²) >= 11 is 1.48. The fourth-order valence-corrected chi connectivity index (χ4v) is 3.14. The Hall–Kier alpha value is -1.36. The summed E-state index contributed by atoms with van der Waals surface area (Å²) in [5.74, 6) is -0.812. The first-order valence-corrected chi connectivity index (χ1v) is 7.10. The van der Waals surface area contributed by atoms with E-state index in [4.69, 9.17) is 5.11 Å². The lowest BCUT2D eigenvalue weighted by Crippen LogP contribution is -2.33. The molecule has 0 saturated heterocycles. The minimum atomic E-state index is -0.889. The lowest BCUT2D eigenvalue weighted by molar-refractivity contribution is -0.137. The van der Waals surface area contributed by atoms with Crippen molar-refractivity contribution in [3.05, 3.63) is 22.4 Å². The summed E-state index contributed by atoms with van der Waals surface area (Å²) in [5.41, 5.74) is 0. The predicted molar refractivity (Wildman–Crippen MR) is 69.4 cm³/mol. The SMILES string of the molecule is O=C(O)C[C@H](NC(=O)C1CCCC1)c1cccs1. The Morgan fingerprint density at radius 3 is 2.72 bits per heavy atom. The van der Waals surface area contributed by atoms with E-state index in [1.165, 1.54) is 11.3 Å². The van der Waals surface area contributed by atoms with E-state index in [0.29, 0.717) is 0 Å². The van der Waals surface area contributed by atoms with Crippen LogP contribution < -0.4 is 5.32 Å². The second-order valence-electron chi connectivity index (χ2n) is 4.66. The molecule has 0 unspecified atom stereocenters. The van der Waals surface area contributed by atoms with Crippen molar-refractivity contribution in [1.82, 2.24) is 5.32 Å². The summed E-state index contributed by atoms with van der Waals surface area (Å²) in [4.78, 5) is 23.8. The van der Waals surface area contributed by atoms with Crippen molar-refractivity contribution in [3.8, 4) is 0 Å². The highest BCUT2D eigenvalue weighted by molar-refractivity contribution is 7.10. The van der Waals surface area contributed by atoms with Gasteiger partial charge in [0.25, 0.3) is 0 Å². The van der Waals surface area contributed by atoms with E-state index in [1.807, 2.05) is 17.5 Å². The van der Waals surface area contributed by atoms with Gasteiger partial charge in [0.2, 0.25) is 5.91 Å². The van der Waals surface area contributed by atoms with Crippen molar-refractivity contribution in [3.63, 3.8) is 0 Å². The van der Waals surface area contributed by atoms with Crippen molar-refractivity contribution >= 4 is 23.2 Å². The minimum absolute atomic E-state index is 0.00662. The molecule has 18 heavy (non-hydrogen) atoms. The van der Waals surface area contributed by atoms with E-state index in [0.717, 1.165) is 30.6 Å². The number of carbonyl (C=O) groups is 2. The minimum Gasteiger partial charge on any atom is -0.481 e. The molecule has 1 aromatic rings. The van der Waals surface area contributed by atoms with Gasteiger partial charge in [-0.1, -0.05) is 18.9 Å². The summed E-state index contributed by atoms with van der Waals surface area (Å²) in [6, 6.07) is 3.35. The highest BCUT2D eigenvalue weighted by atomic mass is 32.1. The number of rotatable bonds is 5. The molecule has 0 radical (unpaired) electrons. The number of aliphatic carboxylic acids is 1. The molecule has 4 nitrogen and oxygen atoms in total. The third-order valence-electron chi connectivity index (χ3n) is 3.31. The molecule has 2 rings (SSSR count). The van der Waals surface area contributed by atoms with Crippen molar-refractivity contribution < 1.29 is 14.7 Å². The predicted octanol–water partition coefficient (Wildman–Crippen LogP) is 2.57. The summed E-state index contributed by atoms with van der Waals surface area (Å²) in [6.07, 6.45) is 3.99. The lowest BCUT2D eigenvalue weighted by atomic mass is 10.1. The van der Waals surface area contributed by atoms with Crippen molar-refractivity contribution in [1.29, 1.82) is 0 Å². The normalized spacial score (nSPS) is 17.6. The van der Waals surface area contributed by atoms with Crippen LogP contribution in [0.25, 0.3) is 0 Å².